The lowest BCUT2D eigenvalue weighted by Crippen LogP contribution is -2.49. The van der Waals surface area contributed by atoms with E-state index in [0.29, 0.717) is 24.3 Å². The molecule has 0 radical (unpaired) electrons. The van der Waals surface area contributed by atoms with Crippen molar-refractivity contribution in [2.75, 3.05) is 26.3 Å². The number of carbonyl (C=O) groups is 3. The molecule has 208 valence electrons. The van der Waals surface area contributed by atoms with Gasteiger partial charge >= 0.3 is 0 Å². The minimum Gasteiger partial charge on any atom is -0.384 e. The molecule has 0 saturated carbocycles. The van der Waals surface area contributed by atoms with Gasteiger partial charge in [0, 0.05) is 27.8 Å². The van der Waals surface area contributed by atoms with E-state index in [9.17, 15) is 14.4 Å². The fourth-order valence-corrected chi connectivity index (χ4v) is 5.86. The third-order valence-corrected chi connectivity index (χ3v) is 8.21. The Morgan fingerprint density at radius 2 is 1.75 bits per heavy atom. The molecule has 2 fully saturated rings. The van der Waals surface area contributed by atoms with Crippen LogP contribution in [0.25, 0.3) is 11.1 Å². The maximum absolute atomic E-state index is 13.4. The average molecular weight is 562 g/mol. The van der Waals surface area contributed by atoms with Crippen LogP contribution in [0.4, 0.5) is 0 Å². The molecule has 2 aliphatic heterocycles. The molecule has 0 bridgehead atoms. The fourth-order valence-electron chi connectivity index (χ4n) is 4.95. The van der Waals surface area contributed by atoms with Crippen molar-refractivity contribution in [3.05, 3.63) is 82.0 Å². The number of nitrogens with zero attached hydrogens (tertiary/aromatic N) is 1. The van der Waals surface area contributed by atoms with E-state index < -0.39 is 17.7 Å². The monoisotopic (exact) mass is 561 g/mol. The lowest BCUT2D eigenvalue weighted by Gasteiger charge is -2.25. The van der Waals surface area contributed by atoms with E-state index >= 15 is 0 Å². The number of likely N-dealkylation sites (tertiary alicyclic amines) is 1. The van der Waals surface area contributed by atoms with Gasteiger partial charge in [0.1, 0.15) is 11.9 Å². The summed E-state index contributed by atoms with van der Waals surface area (Å²) in [5.74, 6) is -2.22. The Morgan fingerprint density at radius 1 is 1.07 bits per heavy atom. The van der Waals surface area contributed by atoms with Crippen molar-refractivity contribution < 1.29 is 23.9 Å². The van der Waals surface area contributed by atoms with Crippen molar-refractivity contribution in [3.8, 4) is 11.1 Å². The second-order valence-corrected chi connectivity index (χ2v) is 10.8. The van der Waals surface area contributed by atoms with Crippen molar-refractivity contribution in [2.45, 2.75) is 31.2 Å². The summed E-state index contributed by atoms with van der Waals surface area (Å²) in [6.07, 6.45) is 0.190. The summed E-state index contributed by atoms with van der Waals surface area (Å²) in [5, 5.41) is 15.0. The van der Waals surface area contributed by atoms with Gasteiger partial charge in [0.05, 0.1) is 32.3 Å². The summed E-state index contributed by atoms with van der Waals surface area (Å²) in [4.78, 5) is 41.7. The molecule has 2 saturated heterocycles. The number of amides is 3. The molecule has 1 spiro atoms. The molecule has 0 aliphatic carbocycles. The molecule has 3 amide bonds. The number of ether oxygens (including phenoxy) is 2. The van der Waals surface area contributed by atoms with Gasteiger partial charge in [-0.25, -0.2) is 0 Å². The van der Waals surface area contributed by atoms with Crippen LogP contribution in [0.5, 0.6) is 0 Å². The van der Waals surface area contributed by atoms with Gasteiger partial charge in [0.15, 0.2) is 5.79 Å². The minimum absolute atomic E-state index is 0.0414. The number of hydrogen-bond donors (Lipinski definition) is 4. The van der Waals surface area contributed by atoms with E-state index in [2.05, 4.69) is 10.6 Å². The van der Waals surface area contributed by atoms with Crippen molar-refractivity contribution in [2.24, 2.45) is 5.73 Å². The summed E-state index contributed by atoms with van der Waals surface area (Å²) in [6, 6.07) is 17.6. The van der Waals surface area contributed by atoms with Crippen LogP contribution >= 0.6 is 11.3 Å². The number of thiophene rings is 1. The predicted octanol–water partition coefficient (Wildman–Crippen LogP) is 2.65. The number of benzene rings is 2. The highest BCUT2D eigenvalue weighted by atomic mass is 32.1. The molecule has 3 heterocycles. The number of nitrogens with one attached hydrogen (secondary N) is 3. The number of hydrogen-bond acceptors (Lipinski definition) is 7. The molecule has 3 aromatic rings. The van der Waals surface area contributed by atoms with Gasteiger partial charge in [0.25, 0.3) is 5.91 Å². The molecule has 1 aromatic heterocycles. The summed E-state index contributed by atoms with van der Waals surface area (Å²) in [6.45, 7) is 2.41. The van der Waals surface area contributed by atoms with Crippen molar-refractivity contribution in [3.63, 3.8) is 0 Å². The van der Waals surface area contributed by atoms with Crippen molar-refractivity contribution in [1.29, 1.82) is 5.41 Å². The summed E-state index contributed by atoms with van der Waals surface area (Å²) >= 11 is 1.39. The predicted molar refractivity (Wildman–Crippen MR) is 151 cm³/mol. The molecule has 5 rings (SSSR count). The van der Waals surface area contributed by atoms with Gasteiger partial charge < -0.3 is 30.7 Å². The third-order valence-electron chi connectivity index (χ3n) is 7.10. The first-order valence-corrected chi connectivity index (χ1v) is 13.9. The zero-order valence-electron chi connectivity index (χ0n) is 22.0. The first-order valence-electron chi connectivity index (χ1n) is 13.0. The highest BCUT2D eigenvalue weighted by Gasteiger charge is 2.52. The molecule has 2 aliphatic rings. The van der Waals surface area contributed by atoms with Crippen LogP contribution in [0.15, 0.2) is 66.0 Å². The van der Waals surface area contributed by atoms with E-state index in [0.717, 1.165) is 16.0 Å². The minimum atomic E-state index is -1.04. The molecule has 1 unspecified atom stereocenters. The molecule has 5 N–H and O–H groups in total. The first-order chi connectivity index (χ1) is 19.2. The Bertz CT molecular complexity index is 1400. The van der Waals surface area contributed by atoms with Gasteiger partial charge in [-0.2, -0.15) is 0 Å². The van der Waals surface area contributed by atoms with Crippen molar-refractivity contribution >= 4 is 34.9 Å². The van der Waals surface area contributed by atoms with Gasteiger partial charge in [-0.15, -0.1) is 11.3 Å². The zero-order valence-corrected chi connectivity index (χ0v) is 22.8. The largest absolute Gasteiger partial charge is 0.384 e. The number of amidine groups is 1. The topological polar surface area (TPSA) is 147 Å². The van der Waals surface area contributed by atoms with Gasteiger partial charge in [-0.3, -0.25) is 19.8 Å². The van der Waals surface area contributed by atoms with E-state index in [-0.39, 0.29) is 43.2 Å². The smallest absolute Gasteiger partial charge is 0.251 e. The van der Waals surface area contributed by atoms with Gasteiger partial charge in [-0.1, -0.05) is 42.5 Å². The quantitative estimate of drug-likeness (QED) is 0.246. The lowest BCUT2D eigenvalue weighted by atomic mass is 10.0. The van der Waals surface area contributed by atoms with E-state index in [1.165, 1.54) is 16.2 Å². The molecule has 2 aromatic carbocycles. The normalized spacial score (nSPS) is 18.4. The van der Waals surface area contributed by atoms with Gasteiger partial charge in [0.2, 0.25) is 11.8 Å². The highest BCUT2D eigenvalue weighted by molar-refractivity contribution is 7.10. The van der Waals surface area contributed by atoms with Gasteiger partial charge in [-0.05, 0) is 36.2 Å². The second kappa shape index (κ2) is 11.6. The number of carbonyl (C=O) groups excluding carboxylic acids is 3. The zero-order chi connectivity index (χ0) is 28.3. The van der Waals surface area contributed by atoms with Crippen LogP contribution in [-0.4, -0.2) is 66.6 Å². The molecular weight excluding hydrogens is 530 g/mol. The Hall–Kier alpha value is -4.06. The maximum atomic E-state index is 13.4. The lowest BCUT2D eigenvalue weighted by molar-refractivity contribution is -0.152. The van der Waals surface area contributed by atoms with Crippen molar-refractivity contribution in [1.82, 2.24) is 15.5 Å². The fraction of sp³-hybridized carbons (Fsp3) is 0.310. The number of rotatable bonds is 8. The standard InChI is InChI=1S/C29H31N5O5S/c1-18(24-13-22(16-40-24)26(30)31)33-28(37)23-14-29(38-11-12-39-29)17-34(23)25(35)15-32-27(36)21-9-7-20(8-10-21)19-5-3-2-4-6-19/h2-10,13,16,18,23H,11-12,14-15,17H2,1H3,(H3,30,31)(H,32,36)(H,33,37)/t18-,23?/m1/s1. The van der Waals surface area contributed by atoms with Crippen LogP contribution in [0.1, 0.15) is 40.2 Å². The third kappa shape index (κ3) is 5.91. The molecule has 40 heavy (non-hydrogen) atoms. The highest BCUT2D eigenvalue weighted by Crippen LogP contribution is 2.35. The van der Waals surface area contributed by atoms with E-state index in [1.54, 1.807) is 23.6 Å². The molecular formula is C29H31N5O5S. The van der Waals surface area contributed by atoms with Crippen LogP contribution in [0.2, 0.25) is 0 Å². The number of nitrogen functional groups attached to an aromatic ring is 1. The van der Waals surface area contributed by atoms with E-state index in [1.807, 2.05) is 49.4 Å². The first kappa shape index (κ1) is 27.5. The summed E-state index contributed by atoms with van der Waals surface area (Å²) in [7, 11) is 0. The van der Waals surface area contributed by atoms with Crippen LogP contribution in [0.3, 0.4) is 0 Å². The molecule has 2 atom stereocenters. The summed E-state index contributed by atoms with van der Waals surface area (Å²) in [5.41, 5.74) is 8.61. The molecule has 11 heteroatoms. The van der Waals surface area contributed by atoms with Crippen LogP contribution in [0, 0.1) is 5.41 Å². The summed E-state index contributed by atoms with van der Waals surface area (Å²) < 4.78 is 11.6. The average Bonchev–Trinajstić information content (AvgIpc) is 3.73. The maximum Gasteiger partial charge on any atom is 0.251 e. The Morgan fingerprint density at radius 3 is 2.40 bits per heavy atom. The van der Waals surface area contributed by atoms with Crippen LogP contribution < -0.4 is 16.4 Å². The Kier molecular flexibility index (Phi) is 7.97. The second-order valence-electron chi connectivity index (χ2n) is 9.86. The Balaban J connectivity index is 1.23. The SMILES string of the molecule is C[C@@H](NC(=O)C1CC2(CN1C(=O)CNC(=O)c1ccc(-c3ccccc3)cc1)OCCO2)c1cc(C(=N)N)cs1. The number of nitrogens with two attached hydrogens (primary N) is 1. The Labute approximate surface area is 236 Å². The molecule has 10 nitrogen and oxygen atoms in total. The van der Waals surface area contributed by atoms with Crippen LogP contribution in [-0.2, 0) is 19.1 Å². The van der Waals surface area contributed by atoms with E-state index in [4.69, 9.17) is 20.6 Å².